The molecule has 4 heteroatoms. The van der Waals surface area contributed by atoms with Gasteiger partial charge >= 0.3 is 0 Å². The molecule has 1 amide bonds. The maximum Gasteiger partial charge on any atom is 0.265 e. The van der Waals surface area contributed by atoms with Gasteiger partial charge in [0.15, 0.2) is 6.10 Å². The zero-order chi connectivity index (χ0) is 16.3. The van der Waals surface area contributed by atoms with Crippen LogP contribution in [0.2, 0.25) is 5.02 Å². The first-order valence-corrected chi connectivity index (χ1v) is 7.55. The summed E-state index contributed by atoms with van der Waals surface area (Å²) in [6.07, 6.45) is -0.597. The molecule has 1 N–H and O–H groups in total. The van der Waals surface area contributed by atoms with E-state index >= 15 is 0 Å². The Morgan fingerprint density at radius 1 is 1.05 bits per heavy atom. The lowest BCUT2D eigenvalue weighted by molar-refractivity contribution is -0.122. The number of hydrogen-bond acceptors (Lipinski definition) is 2. The number of benzene rings is 2. The van der Waals surface area contributed by atoms with Crippen molar-refractivity contribution in [1.29, 1.82) is 0 Å². The van der Waals surface area contributed by atoms with Gasteiger partial charge in [-0.1, -0.05) is 23.7 Å². The number of nitrogens with one attached hydrogen (secondary N) is 1. The standard InChI is InChI=1S/C18H20ClNO2/c1-11-6-8-16(9-13(11)3)22-14(4)18(21)20-17-10-15(19)7-5-12(17)2/h5-10,14H,1-4H3,(H,20,21)/t14-/m0/s1. The number of carbonyl (C=O) groups is 1. The van der Waals surface area contributed by atoms with Crippen LogP contribution in [0, 0.1) is 20.8 Å². The van der Waals surface area contributed by atoms with Crippen molar-refractivity contribution in [2.24, 2.45) is 0 Å². The zero-order valence-electron chi connectivity index (χ0n) is 13.2. The van der Waals surface area contributed by atoms with Crippen LogP contribution in [-0.2, 0) is 4.79 Å². The van der Waals surface area contributed by atoms with Gasteiger partial charge in [0.05, 0.1) is 0 Å². The number of rotatable bonds is 4. The van der Waals surface area contributed by atoms with Gasteiger partial charge in [-0.15, -0.1) is 0 Å². The molecule has 1 atom stereocenters. The molecule has 0 heterocycles. The monoisotopic (exact) mass is 317 g/mol. The summed E-state index contributed by atoms with van der Waals surface area (Å²) in [5.74, 6) is 0.483. The number of hydrogen-bond donors (Lipinski definition) is 1. The van der Waals surface area contributed by atoms with E-state index < -0.39 is 6.10 Å². The highest BCUT2D eigenvalue weighted by Gasteiger charge is 2.16. The fourth-order valence-electron chi connectivity index (χ4n) is 2.01. The second kappa shape index (κ2) is 6.84. The van der Waals surface area contributed by atoms with Gasteiger partial charge in [-0.25, -0.2) is 0 Å². The van der Waals surface area contributed by atoms with E-state index in [1.165, 1.54) is 5.56 Å². The summed E-state index contributed by atoms with van der Waals surface area (Å²) in [7, 11) is 0. The van der Waals surface area contributed by atoms with Gasteiger partial charge in [-0.2, -0.15) is 0 Å². The van der Waals surface area contributed by atoms with Crippen LogP contribution in [0.15, 0.2) is 36.4 Å². The summed E-state index contributed by atoms with van der Waals surface area (Å²) >= 11 is 5.96. The third-order valence-electron chi connectivity index (χ3n) is 3.62. The second-order valence-electron chi connectivity index (χ2n) is 5.45. The number of carbonyl (C=O) groups excluding carboxylic acids is 1. The molecule has 3 nitrogen and oxygen atoms in total. The lowest BCUT2D eigenvalue weighted by atomic mass is 10.1. The molecule has 0 radical (unpaired) electrons. The van der Waals surface area contributed by atoms with Gasteiger partial charge < -0.3 is 10.1 Å². The Labute approximate surface area is 136 Å². The van der Waals surface area contributed by atoms with E-state index in [-0.39, 0.29) is 5.91 Å². The van der Waals surface area contributed by atoms with Crippen molar-refractivity contribution in [2.45, 2.75) is 33.8 Å². The molecule has 0 saturated heterocycles. The van der Waals surface area contributed by atoms with E-state index in [1.54, 1.807) is 19.1 Å². The number of aryl methyl sites for hydroxylation is 3. The highest BCUT2D eigenvalue weighted by atomic mass is 35.5. The van der Waals surface area contributed by atoms with Gasteiger partial charge in [0.25, 0.3) is 5.91 Å². The van der Waals surface area contributed by atoms with Crippen LogP contribution < -0.4 is 10.1 Å². The molecule has 0 aromatic heterocycles. The van der Waals surface area contributed by atoms with Gasteiger partial charge in [0.1, 0.15) is 5.75 Å². The largest absolute Gasteiger partial charge is 0.481 e. The number of amides is 1. The van der Waals surface area contributed by atoms with E-state index in [0.29, 0.717) is 16.5 Å². The molecule has 0 unspecified atom stereocenters. The molecule has 0 spiro atoms. The molecule has 0 bridgehead atoms. The third-order valence-corrected chi connectivity index (χ3v) is 3.85. The van der Waals surface area contributed by atoms with Crippen LogP contribution in [0.4, 0.5) is 5.69 Å². The molecule has 0 aliphatic rings. The lowest BCUT2D eigenvalue weighted by Crippen LogP contribution is -2.30. The molecular weight excluding hydrogens is 298 g/mol. The predicted octanol–water partition coefficient (Wildman–Crippen LogP) is 4.67. The average Bonchev–Trinajstić information content (AvgIpc) is 2.46. The first kappa shape index (κ1) is 16.4. The molecule has 2 rings (SSSR count). The minimum atomic E-state index is -0.597. The Balaban J connectivity index is 2.05. The molecule has 0 aliphatic heterocycles. The number of ether oxygens (including phenoxy) is 1. The van der Waals surface area contributed by atoms with Crippen molar-refractivity contribution in [3.05, 3.63) is 58.1 Å². The van der Waals surface area contributed by atoms with Crippen LogP contribution in [0.5, 0.6) is 5.75 Å². The first-order valence-electron chi connectivity index (χ1n) is 7.18. The van der Waals surface area contributed by atoms with Crippen LogP contribution >= 0.6 is 11.6 Å². The quantitative estimate of drug-likeness (QED) is 0.889. The highest BCUT2D eigenvalue weighted by molar-refractivity contribution is 6.31. The normalized spacial score (nSPS) is 11.9. The molecular formula is C18H20ClNO2. The average molecular weight is 318 g/mol. The van der Waals surface area contributed by atoms with Crippen LogP contribution in [-0.4, -0.2) is 12.0 Å². The van der Waals surface area contributed by atoms with E-state index in [1.807, 2.05) is 45.0 Å². The van der Waals surface area contributed by atoms with Gasteiger partial charge in [-0.3, -0.25) is 4.79 Å². The maximum atomic E-state index is 12.3. The highest BCUT2D eigenvalue weighted by Crippen LogP contribution is 2.21. The Morgan fingerprint density at radius 2 is 1.73 bits per heavy atom. The van der Waals surface area contributed by atoms with Crippen molar-refractivity contribution >= 4 is 23.2 Å². The van der Waals surface area contributed by atoms with Crippen molar-refractivity contribution < 1.29 is 9.53 Å². The minimum absolute atomic E-state index is 0.205. The topological polar surface area (TPSA) is 38.3 Å². The summed E-state index contributed by atoms with van der Waals surface area (Å²) in [6.45, 7) is 7.70. The lowest BCUT2D eigenvalue weighted by Gasteiger charge is -2.16. The molecule has 0 aliphatic carbocycles. The summed E-state index contributed by atoms with van der Waals surface area (Å²) in [6, 6.07) is 11.2. The summed E-state index contributed by atoms with van der Waals surface area (Å²) in [4.78, 5) is 12.3. The number of anilines is 1. The molecule has 2 aromatic rings. The molecule has 2 aromatic carbocycles. The smallest absolute Gasteiger partial charge is 0.265 e. The first-order chi connectivity index (χ1) is 10.4. The van der Waals surface area contributed by atoms with Gasteiger partial charge in [-0.05, 0) is 68.7 Å². The number of halogens is 1. The molecule has 0 saturated carbocycles. The van der Waals surface area contributed by atoms with Crippen molar-refractivity contribution in [2.75, 3.05) is 5.32 Å². The molecule has 0 fully saturated rings. The third kappa shape index (κ3) is 4.01. The summed E-state index contributed by atoms with van der Waals surface area (Å²) in [5.41, 5.74) is 3.99. The van der Waals surface area contributed by atoms with Crippen molar-refractivity contribution in [3.8, 4) is 5.75 Å². The Hall–Kier alpha value is -2.00. The van der Waals surface area contributed by atoms with E-state index in [0.717, 1.165) is 11.1 Å². The van der Waals surface area contributed by atoms with Crippen LogP contribution in [0.25, 0.3) is 0 Å². The fraction of sp³-hybridized carbons (Fsp3) is 0.278. The Morgan fingerprint density at radius 3 is 2.41 bits per heavy atom. The van der Waals surface area contributed by atoms with Gasteiger partial charge in [0, 0.05) is 10.7 Å². The summed E-state index contributed by atoms with van der Waals surface area (Å²) < 4.78 is 5.71. The van der Waals surface area contributed by atoms with E-state index in [9.17, 15) is 4.79 Å². The van der Waals surface area contributed by atoms with E-state index in [2.05, 4.69) is 5.32 Å². The van der Waals surface area contributed by atoms with Crippen molar-refractivity contribution in [1.82, 2.24) is 0 Å². The van der Waals surface area contributed by atoms with Crippen LogP contribution in [0.3, 0.4) is 0 Å². The Bertz CT molecular complexity index is 697. The molecule has 22 heavy (non-hydrogen) atoms. The molecule has 116 valence electrons. The summed E-state index contributed by atoms with van der Waals surface area (Å²) in [5, 5.41) is 3.44. The van der Waals surface area contributed by atoms with E-state index in [4.69, 9.17) is 16.3 Å². The zero-order valence-corrected chi connectivity index (χ0v) is 14.0. The van der Waals surface area contributed by atoms with Gasteiger partial charge in [0.2, 0.25) is 0 Å². The SMILES string of the molecule is Cc1ccc(O[C@@H](C)C(=O)Nc2cc(Cl)ccc2C)cc1C. The Kier molecular flexibility index (Phi) is 5.09. The second-order valence-corrected chi connectivity index (χ2v) is 5.89. The van der Waals surface area contributed by atoms with Crippen molar-refractivity contribution in [3.63, 3.8) is 0 Å². The fourth-order valence-corrected chi connectivity index (χ4v) is 2.18. The van der Waals surface area contributed by atoms with Crippen LogP contribution in [0.1, 0.15) is 23.6 Å². The maximum absolute atomic E-state index is 12.3. The minimum Gasteiger partial charge on any atom is -0.481 e. The predicted molar refractivity (Wildman–Crippen MR) is 90.8 cm³/mol.